The second-order valence-corrected chi connectivity index (χ2v) is 4.91. The van der Waals surface area contributed by atoms with Gasteiger partial charge < -0.3 is 20.1 Å². The number of methoxy groups -OCH3 is 1. The van der Waals surface area contributed by atoms with Crippen LogP contribution in [0.15, 0.2) is 12.1 Å². The molecule has 3 rings (SSSR count). The molecule has 4 nitrogen and oxygen atoms in total. The molecule has 0 unspecified atom stereocenters. The molecule has 0 aromatic heterocycles. The van der Waals surface area contributed by atoms with Crippen LogP contribution in [0.5, 0.6) is 5.75 Å². The molecular formula is C14H21ClN2O2. The Hall–Kier alpha value is -0.970. The van der Waals surface area contributed by atoms with Crippen molar-refractivity contribution in [2.45, 2.75) is 25.4 Å². The van der Waals surface area contributed by atoms with Crippen molar-refractivity contribution in [1.82, 2.24) is 5.32 Å². The van der Waals surface area contributed by atoms with Crippen molar-refractivity contribution in [3.05, 3.63) is 23.3 Å². The van der Waals surface area contributed by atoms with Crippen molar-refractivity contribution < 1.29 is 9.47 Å². The van der Waals surface area contributed by atoms with Crippen molar-refractivity contribution in [3.63, 3.8) is 0 Å². The van der Waals surface area contributed by atoms with E-state index in [4.69, 9.17) is 9.47 Å². The fourth-order valence-electron chi connectivity index (χ4n) is 2.72. The maximum atomic E-state index is 5.49. The number of anilines is 1. The molecule has 0 aliphatic carbocycles. The summed E-state index contributed by atoms with van der Waals surface area (Å²) in [5.41, 5.74) is 3.93. The topological polar surface area (TPSA) is 42.5 Å². The predicted molar refractivity (Wildman–Crippen MR) is 78.5 cm³/mol. The van der Waals surface area contributed by atoms with Gasteiger partial charge in [-0.05, 0) is 36.6 Å². The van der Waals surface area contributed by atoms with Gasteiger partial charge in [0.2, 0.25) is 0 Å². The van der Waals surface area contributed by atoms with Crippen LogP contribution in [0.2, 0.25) is 0 Å². The molecule has 1 aromatic carbocycles. The van der Waals surface area contributed by atoms with Crippen LogP contribution >= 0.6 is 12.4 Å². The Bertz CT molecular complexity index is 434. The summed E-state index contributed by atoms with van der Waals surface area (Å²) in [7, 11) is 1.73. The number of hydrogen-bond donors (Lipinski definition) is 2. The highest BCUT2D eigenvalue weighted by Gasteiger charge is 2.21. The van der Waals surface area contributed by atoms with E-state index in [0.29, 0.717) is 6.04 Å². The number of rotatable bonds is 3. The average Bonchev–Trinajstić information content (AvgIpc) is 2.92. The zero-order valence-corrected chi connectivity index (χ0v) is 12.0. The van der Waals surface area contributed by atoms with Crippen molar-refractivity contribution >= 4 is 18.1 Å². The molecule has 2 N–H and O–H groups in total. The normalized spacial score (nSPS) is 21.4. The first-order valence-corrected chi connectivity index (χ1v) is 6.62. The van der Waals surface area contributed by atoms with Crippen LogP contribution in [-0.2, 0) is 17.7 Å². The van der Waals surface area contributed by atoms with E-state index in [9.17, 15) is 0 Å². The molecule has 1 fully saturated rings. The zero-order valence-electron chi connectivity index (χ0n) is 11.2. The zero-order chi connectivity index (χ0) is 12.4. The molecule has 1 saturated heterocycles. The van der Waals surface area contributed by atoms with E-state index >= 15 is 0 Å². The van der Waals surface area contributed by atoms with Crippen molar-refractivity contribution in [3.8, 4) is 5.75 Å². The lowest BCUT2D eigenvalue weighted by Crippen LogP contribution is -2.27. The van der Waals surface area contributed by atoms with E-state index < -0.39 is 0 Å². The SMILES string of the molecule is COc1ccc2c(c1N[C@H]1CCOC1)CNCC2.Cl. The first kappa shape index (κ1) is 14.4. The van der Waals surface area contributed by atoms with Crippen LogP contribution in [0.1, 0.15) is 17.5 Å². The van der Waals surface area contributed by atoms with Crippen LogP contribution in [0.4, 0.5) is 5.69 Å². The minimum atomic E-state index is 0. The van der Waals surface area contributed by atoms with Gasteiger partial charge in [-0.2, -0.15) is 0 Å². The minimum absolute atomic E-state index is 0. The molecule has 2 aliphatic heterocycles. The lowest BCUT2D eigenvalue weighted by Gasteiger charge is -2.25. The highest BCUT2D eigenvalue weighted by atomic mass is 35.5. The number of benzene rings is 1. The second-order valence-electron chi connectivity index (χ2n) is 4.91. The Kier molecular flexibility index (Phi) is 4.91. The third-order valence-electron chi connectivity index (χ3n) is 3.74. The molecule has 2 heterocycles. The molecule has 0 amide bonds. The Morgan fingerprint density at radius 3 is 3.05 bits per heavy atom. The molecule has 2 aliphatic rings. The van der Waals surface area contributed by atoms with Gasteiger partial charge in [0.05, 0.1) is 25.4 Å². The molecule has 0 bridgehead atoms. The molecule has 0 spiro atoms. The van der Waals surface area contributed by atoms with Crippen molar-refractivity contribution in [2.24, 2.45) is 0 Å². The lowest BCUT2D eigenvalue weighted by atomic mass is 9.98. The van der Waals surface area contributed by atoms with Gasteiger partial charge >= 0.3 is 0 Å². The Morgan fingerprint density at radius 1 is 1.42 bits per heavy atom. The van der Waals surface area contributed by atoms with Crippen molar-refractivity contribution in [1.29, 1.82) is 0 Å². The van der Waals surface area contributed by atoms with Crippen LogP contribution in [-0.4, -0.2) is 32.9 Å². The van der Waals surface area contributed by atoms with E-state index in [1.54, 1.807) is 7.11 Å². The van der Waals surface area contributed by atoms with E-state index in [0.717, 1.165) is 50.6 Å². The Balaban J connectivity index is 0.00000133. The van der Waals surface area contributed by atoms with Gasteiger partial charge in [0.25, 0.3) is 0 Å². The fourth-order valence-corrected chi connectivity index (χ4v) is 2.72. The van der Waals surface area contributed by atoms with E-state index in [-0.39, 0.29) is 12.4 Å². The van der Waals surface area contributed by atoms with Gasteiger partial charge in [0.15, 0.2) is 0 Å². The first-order chi connectivity index (χ1) is 8.88. The summed E-state index contributed by atoms with van der Waals surface area (Å²) in [5.74, 6) is 0.935. The van der Waals surface area contributed by atoms with Gasteiger partial charge in [-0.3, -0.25) is 0 Å². The van der Waals surface area contributed by atoms with Crippen LogP contribution in [0.3, 0.4) is 0 Å². The summed E-state index contributed by atoms with van der Waals surface area (Å²) < 4.78 is 10.9. The molecular weight excluding hydrogens is 264 g/mol. The van der Waals surface area contributed by atoms with Gasteiger partial charge in [-0.1, -0.05) is 6.07 Å². The third kappa shape index (κ3) is 2.96. The van der Waals surface area contributed by atoms with E-state index in [1.165, 1.54) is 11.1 Å². The van der Waals surface area contributed by atoms with Crippen LogP contribution < -0.4 is 15.4 Å². The fraction of sp³-hybridized carbons (Fsp3) is 0.571. The van der Waals surface area contributed by atoms with Crippen LogP contribution in [0.25, 0.3) is 0 Å². The number of fused-ring (bicyclic) bond motifs is 1. The summed E-state index contributed by atoms with van der Waals surface area (Å²) in [4.78, 5) is 0. The largest absolute Gasteiger partial charge is 0.495 e. The molecule has 0 radical (unpaired) electrons. The van der Waals surface area contributed by atoms with Crippen molar-refractivity contribution in [2.75, 3.05) is 32.2 Å². The number of nitrogens with one attached hydrogen (secondary N) is 2. The molecule has 1 atom stereocenters. The molecule has 106 valence electrons. The maximum absolute atomic E-state index is 5.49. The standard InChI is InChI=1S/C14H20N2O2.ClH/c1-17-13-3-2-10-4-6-15-8-12(10)14(13)16-11-5-7-18-9-11;/h2-3,11,15-16H,4-9H2,1H3;1H/t11-;/m0./s1. The van der Waals surface area contributed by atoms with E-state index in [1.807, 2.05) is 0 Å². The maximum Gasteiger partial charge on any atom is 0.142 e. The lowest BCUT2D eigenvalue weighted by molar-refractivity contribution is 0.195. The number of ether oxygens (including phenoxy) is 2. The van der Waals surface area contributed by atoms with E-state index in [2.05, 4.69) is 22.8 Å². The average molecular weight is 285 g/mol. The number of hydrogen-bond acceptors (Lipinski definition) is 4. The first-order valence-electron chi connectivity index (χ1n) is 6.62. The summed E-state index contributed by atoms with van der Waals surface area (Å²) in [6.45, 7) is 3.63. The highest BCUT2D eigenvalue weighted by Crippen LogP contribution is 2.34. The molecule has 0 saturated carbocycles. The Labute approximate surface area is 120 Å². The highest BCUT2D eigenvalue weighted by molar-refractivity contribution is 5.85. The summed E-state index contributed by atoms with van der Waals surface area (Å²) in [6.07, 6.45) is 2.16. The van der Waals surface area contributed by atoms with Gasteiger partial charge in [0.1, 0.15) is 5.75 Å². The smallest absolute Gasteiger partial charge is 0.142 e. The summed E-state index contributed by atoms with van der Waals surface area (Å²) >= 11 is 0. The molecule has 5 heteroatoms. The van der Waals surface area contributed by atoms with Gasteiger partial charge in [-0.15, -0.1) is 12.4 Å². The Morgan fingerprint density at radius 2 is 2.32 bits per heavy atom. The second kappa shape index (κ2) is 6.46. The quantitative estimate of drug-likeness (QED) is 0.891. The minimum Gasteiger partial charge on any atom is -0.495 e. The predicted octanol–water partition coefficient (Wildman–Crippen LogP) is 1.96. The number of halogens is 1. The summed E-state index contributed by atoms with van der Waals surface area (Å²) in [6, 6.07) is 4.67. The van der Waals surface area contributed by atoms with Gasteiger partial charge in [-0.25, -0.2) is 0 Å². The molecule has 1 aromatic rings. The monoisotopic (exact) mass is 284 g/mol. The summed E-state index contributed by atoms with van der Waals surface area (Å²) in [5, 5.41) is 7.03. The van der Waals surface area contributed by atoms with Gasteiger partial charge in [0, 0.05) is 13.2 Å². The van der Waals surface area contributed by atoms with Crippen LogP contribution in [0, 0.1) is 0 Å². The third-order valence-corrected chi connectivity index (χ3v) is 3.74. The molecule has 19 heavy (non-hydrogen) atoms.